The van der Waals surface area contributed by atoms with E-state index in [4.69, 9.17) is 5.26 Å². The van der Waals surface area contributed by atoms with Crippen molar-refractivity contribution in [2.24, 2.45) is 7.05 Å². The standard InChI is InChI=1S/C16H21N3/c1-12(9-17)18-11-16(2,3)14-10-19(4)15-8-6-5-7-13(14)15/h5-8,10,12,18H,11H2,1-4H3. The lowest BCUT2D eigenvalue weighted by Crippen LogP contribution is -2.37. The van der Waals surface area contributed by atoms with Gasteiger partial charge in [0.15, 0.2) is 0 Å². The average Bonchev–Trinajstić information content (AvgIpc) is 2.75. The van der Waals surface area contributed by atoms with Crippen molar-refractivity contribution in [2.75, 3.05) is 6.54 Å². The Labute approximate surface area is 114 Å². The van der Waals surface area contributed by atoms with Crippen molar-refractivity contribution < 1.29 is 0 Å². The van der Waals surface area contributed by atoms with Crippen LogP contribution in [0.1, 0.15) is 26.3 Å². The molecule has 0 radical (unpaired) electrons. The first kappa shape index (κ1) is 13.6. The fourth-order valence-electron chi connectivity index (χ4n) is 2.43. The Bertz CT molecular complexity index is 616. The molecule has 1 N–H and O–H groups in total. The van der Waals surface area contributed by atoms with Crippen molar-refractivity contribution in [1.29, 1.82) is 5.26 Å². The van der Waals surface area contributed by atoms with Crippen molar-refractivity contribution in [2.45, 2.75) is 32.2 Å². The van der Waals surface area contributed by atoms with Crippen molar-refractivity contribution in [3.63, 3.8) is 0 Å². The summed E-state index contributed by atoms with van der Waals surface area (Å²) in [5.74, 6) is 0. The normalized spacial score (nSPS) is 13.4. The maximum Gasteiger partial charge on any atom is 0.0924 e. The molecule has 0 saturated carbocycles. The quantitative estimate of drug-likeness (QED) is 0.912. The van der Waals surface area contributed by atoms with E-state index in [0.29, 0.717) is 0 Å². The van der Waals surface area contributed by atoms with E-state index in [9.17, 15) is 0 Å². The lowest BCUT2D eigenvalue weighted by atomic mass is 9.84. The Balaban J connectivity index is 2.35. The van der Waals surface area contributed by atoms with Gasteiger partial charge in [-0.15, -0.1) is 0 Å². The van der Waals surface area contributed by atoms with Gasteiger partial charge in [-0.1, -0.05) is 32.0 Å². The maximum atomic E-state index is 8.86. The van der Waals surface area contributed by atoms with Crippen LogP contribution in [0.5, 0.6) is 0 Å². The second-order valence-electron chi connectivity index (χ2n) is 5.79. The second-order valence-corrected chi connectivity index (χ2v) is 5.79. The van der Waals surface area contributed by atoms with Crippen LogP contribution >= 0.6 is 0 Å². The molecule has 2 rings (SSSR count). The maximum absolute atomic E-state index is 8.86. The number of rotatable bonds is 4. The molecule has 1 aromatic carbocycles. The van der Waals surface area contributed by atoms with Crippen LogP contribution in [0.25, 0.3) is 10.9 Å². The van der Waals surface area contributed by atoms with Gasteiger partial charge in [0.2, 0.25) is 0 Å². The molecule has 2 aromatic rings. The van der Waals surface area contributed by atoms with Crippen LogP contribution in [0.4, 0.5) is 0 Å². The number of aromatic nitrogens is 1. The van der Waals surface area contributed by atoms with Gasteiger partial charge in [0.05, 0.1) is 12.1 Å². The van der Waals surface area contributed by atoms with E-state index in [1.54, 1.807) is 0 Å². The van der Waals surface area contributed by atoms with Gasteiger partial charge in [0, 0.05) is 36.1 Å². The predicted molar refractivity (Wildman–Crippen MR) is 79.0 cm³/mol. The summed E-state index contributed by atoms with van der Waals surface area (Å²) in [5.41, 5.74) is 2.56. The van der Waals surface area contributed by atoms with Gasteiger partial charge in [-0.05, 0) is 18.6 Å². The topological polar surface area (TPSA) is 40.8 Å². The molecule has 0 aliphatic rings. The van der Waals surface area contributed by atoms with Crippen molar-refractivity contribution in [1.82, 2.24) is 9.88 Å². The van der Waals surface area contributed by atoms with Crippen LogP contribution in [0.3, 0.4) is 0 Å². The third kappa shape index (κ3) is 2.64. The molecule has 19 heavy (non-hydrogen) atoms. The molecule has 0 amide bonds. The van der Waals surface area contributed by atoms with Crippen LogP contribution in [-0.4, -0.2) is 17.2 Å². The monoisotopic (exact) mass is 255 g/mol. The summed E-state index contributed by atoms with van der Waals surface area (Å²) in [5, 5.41) is 13.4. The number of aryl methyl sites for hydroxylation is 1. The number of nitrogens with one attached hydrogen (secondary N) is 1. The van der Waals surface area contributed by atoms with E-state index in [1.807, 2.05) is 6.92 Å². The fraction of sp³-hybridized carbons (Fsp3) is 0.438. The van der Waals surface area contributed by atoms with E-state index in [2.05, 4.69) is 67.3 Å². The average molecular weight is 255 g/mol. The van der Waals surface area contributed by atoms with Crippen molar-refractivity contribution >= 4 is 10.9 Å². The van der Waals surface area contributed by atoms with Crippen molar-refractivity contribution in [3.05, 3.63) is 36.0 Å². The minimum absolute atomic E-state index is 0.00796. The van der Waals surface area contributed by atoms with Gasteiger partial charge in [-0.25, -0.2) is 0 Å². The summed E-state index contributed by atoms with van der Waals surface area (Å²) in [4.78, 5) is 0. The molecule has 3 nitrogen and oxygen atoms in total. The zero-order valence-electron chi connectivity index (χ0n) is 12.1. The summed E-state index contributed by atoms with van der Waals surface area (Å²) in [7, 11) is 2.08. The summed E-state index contributed by atoms with van der Waals surface area (Å²) in [6.07, 6.45) is 2.20. The van der Waals surface area contributed by atoms with E-state index >= 15 is 0 Å². The SMILES string of the molecule is CC(C#N)NCC(C)(C)c1cn(C)c2ccccc12. The highest BCUT2D eigenvalue weighted by atomic mass is 14.9. The Morgan fingerprint density at radius 1 is 1.37 bits per heavy atom. The molecule has 1 aromatic heterocycles. The first-order valence-electron chi connectivity index (χ1n) is 6.63. The molecule has 1 atom stereocenters. The molecule has 3 heteroatoms. The number of hydrogen-bond donors (Lipinski definition) is 1. The van der Waals surface area contributed by atoms with Gasteiger partial charge in [-0.3, -0.25) is 0 Å². The largest absolute Gasteiger partial charge is 0.350 e. The summed E-state index contributed by atoms with van der Waals surface area (Å²) in [6.45, 7) is 7.10. The van der Waals surface area contributed by atoms with Crippen molar-refractivity contribution in [3.8, 4) is 6.07 Å². The lowest BCUT2D eigenvalue weighted by molar-refractivity contribution is 0.459. The first-order valence-corrected chi connectivity index (χ1v) is 6.63. The molecule has 1 unspecified atom stereocenters. The molecule has 0 fully saturated rings. The van der Waals surface area contributed by atoms with Crippen LogP contribution in [-0.2, 0) is 12.5 Å². The molecular weight excluding hydrogens is 234 g/mol. The molecule has 1 heterocycles. The smallest absolute Gasteiger partial charge is 0.0924 e. The Morgan fingerprint density at radius 3 is 2.74 bits per heavy atom. The highest BCUT2D eigenvalue weighted by Gasteiger charge is 2.25. The summed E-state index contributed by atoms with van der Waals surface area (Å²) < 4.78 is 2.17. The fourth-order valence-corrected chi connectivity index (χ4v) is 2.43. The molecular formula is C16H21N3. The minimum atomic E-state index is -0.116. The lowest BCUT2D eigenvalue weighted by Gasteiger charge is -2.25. The molecule has 0 bridgehead atoms. The van der Waals surface area contributed by atoms with Gasteiger partial charge in [-0.2, -0.15) is 5.26 Å². The molecule has 0 spiro atoms. The van der Waals surface area contributed by atoms with E-state index in [0.717, 1.165) is 6.54 Å². The minimum Gasteiger partial charge on any atom is -0.350 e. The summed E-state index contributed by atoms with van der Waals surface area (Å²) >= 11 is 0. The highest BCUT2D eigenvalue weighted by molar-refractivity contribution is 5.85. The van der Waals surface area contributed by atoms with E-state index < -0.39 is 0 Å². The number of benzene rings is 1. The van der Waals surface area contributed by atoms with Crippen LogP contribution in [0.15, 0.2) is 30.5 Å². The van der Waals surface area contributed by atoms with Gasteiger partial charge in [0.1, 0.15) is 0 Å². The Kier molecular flexibility index (Phi) is 3.64. The summed E-state index contributed by atoms with van der Waals surface area (Å²) in [6, 6.07) is 10.5. The highest BCUT2D eigenvalue weighted by Crippen LogP contribution is 2.31. The Morgan fingerprint density at radius 2 is 2.05 bits per heavy atom. The van der Waals surface area contributed by atoms with Gasteiger partial charge >= 0.3 is 0 Å². The van der Waals surface area contributed by atoms with Crippen LogP contribution < -0.4 is 5.32 Å². The number of nitrogens with zero attached hydrogens (tertiary/aromatic N) is 2. The number of nitriles is 1. The predicted octanol–water partition coefficient (Wildman–Crippen LogP) is 2.96. The first-order chi connectivity index (χ1) is 8.95. The van der Waals surface area contributed by atoms with Crippen LogP contribution in [0.2, 0.25) is 0 Å². The molecule has 0 saturated heterocycles. The molecule has 0 aliphatic heterocycles. The van der Waals surface area contributed by atoms with E-state index in [1.165, 1.54) is 16.5 Å². The number of para-hydroxylation sites is 1. The van der Waals surface area contributed by atoms with E-state index in [-0.39, 0.29) is 11.5 Å². The zero-order chi connectivity index (χ0) is 14.0. The third-order valence-corrected chi connectivity index (χ3v) is 3.67. The number of hydrogen-bond acceptors (Lipinski definition) is 2. The molecule has 0 aliphatic carbocycles. The number of fused-ring (bicyclic) bond motifs is 1. The van der Waals surface area contributed by atoms with Crippen LogP contribution in [0, 0.1) is 11.3 Å². The van der Waals surface area contributed by atoms with Gasteiger partial charge in [0.25, 0.3) is 0 Å². The molecule has 100 valence electrons. The van der Waals surface area contributed by atoms with Gasteiger partial charge < -0.3 is 9.88 Å². The third-order valence-electron chi connectivity index (χ3n) is 3.67. The Hall–Kier alpha value is -1.79. The zero-order valence-corrected chi connectivity index (χ0v) is 12.1. The second kappa shape index (κ2) is 5.07.